The molecule has 0 aliphatic carbocycles. The molecule has 0 amide bonds. The molecule has 0 atom stereocenters. The number of nitrogens with two attached hydrogens (primary N) is 1. The molecular weight excluding hydrogens is 184 g/mol. The summed E-state index contributed by atoms with van der Waals surface area (Å²) < 4.78 is 0. The largest absolute Gasteiger partial charge is 0.399 e. The van der Waals surface area contributed by atoms with Crippen LogP contribution in [-0.2, 0) is 6.42 Å². The predicted octanol–water partition coefficient (Wildman–Crippen LogP) is 2.54. The van der Waals surface area contributed by atoms with Gasteiger partial charge in [0.1, 0.15) is 0 Å². The molecule has 0 aromatic heterocycles. The Morgan fingerprint density at radius 2 is 2.07 bits per heavy atom. The topological polar surface area (TPSA) is 29.3 Å². The molecule has 1 rings (SSSR count). The Kier molecular flexibility index (Phi) is 5.19. The van der Waals surface area contributed by atoms with Gasteiger partial charge >= 0.3 is 0 Å². The minimum absolute atomic E-state index is 0.870. The van der Waals surface area contributed by atoms with Crippen molar-refractivity contribution < 1.29 is 0 Å². The number of benzene rings is 1. The molecule has 84 valence electrons. The summed E-state index contributed by atoms with van der Waals surface area (Å²) in [6.07, 6.45) is 3.56. The zero-order valence-electron chi connectivity index (χ0n) is 9.87. The van der Waals surface area contributed by atoms with E-state index in [0.29, 0.717) is 0 Å². The number of hydrogen-bond donors (Lipinski definition) is 1. The van der Waals surface area contributed by atoms with Gasteiger partial charge in [-0.2, -0.15) is 0 Å². The molecule has 1 aromatic rings. The molecule has 2 N–H and O–H groups in total. The molecule has 0 fully saturated rings. The standard InChI is InChI=1S/C13H22N2/c1-3-9-15(2)10-5-7-12-6-4-8-13(14)11-12/h4,6,8,11H,3,5,7,9-10,14H2,1-2H3. The van der Waals surface area contributed by atoms with Crippen LogP contribution in [0, 0.1) is 0 Å². The summed E-state index contributed by atoms with van der Waals surface area (Å²) in [6.45, 7) is 4.58. The van der Waals surface area contributed by atoms with E-state index < -0.39 is 0 Å². The first-order valence-corrected chi connectivity index (χ1v) is 5.75. The van der Waals surface area contributed by atoms with E-state index in [0.717, 1.165) is 12.1 Å². The molecule has 0 heterocycles. The van der Waals surface area contributed by atoms with Gasteiger partial charge in [-0.15, -0.1) is 0 Å². The van der Waals surface area contributed by atoms with Gasteiger partial charge < -0.3 is 10.6 Å². The highest BCUT2D eigenvalue weighted by atomic mass is 15.1. The van der Waals surface area contributed by atoms with Crippen LogP contribution >= 0.6 is 0 Å². The molecule has 0 aliphatic heterocycles. The van der Waals surface area contributed by atoms with Gasteiger partial charge in [0.2, 0.25) is 0 Å². The minimum Gasteiger partial charge on any atom is -0.399 e. The number of nitrogens with zero attached hydrogens (tertiary/aromatic N) is 1. The average Bonchev–Trinajstić information content (AvgIpc) is 2.18. The quantitative estimate of drug-likeness (QED) is 0.725. The second-order valence-corrected chi connectivity index (χ2v) is 4.15. The van der Waals surface area contributed by atoms with E-state index in [1.807, 2.05) is 12.1 Å². The summed E-state index contributed by atoms with van der Waals surface area (Å²) in [5, 5.41) is 0. The first kappa shape index (κ1) is 12.1. The Balaban J connectivity index is 2.25. The van der Waals surface area contributed by atoms with Crippen LogP contribution in [0.1, 0.15) is 25.3 Å². The number of aryl methyl sites for hydroxylation is 1. The average molecular weight is 206 g/mol. The maximum absolute atomic E-state index is 5.73. The lowest BCUT2D eigenvalue weighted by Gasteiger charge is -2.14. The van der Waals surface area contributed by atoms with Crippen LogP contribution in [0.25, 0.3) is 0 Å². The predicted molar refractivity (Wildman–Crippen MR) is 67.0 cm³/mol. The number of hydrogen-bond acceptors (Lipinski definition) is 2. The zero-order chi connectivity index (χ0) is 11.1. The van der Waals surface area contributed by atoms with E-state index in [9.17, 15) is 0 Å². The summed E-state index contributed by atoms with van der Waals surface area (Å²) in [6, 6.07) is 8.18. The fourth-order valence-electron chi connectivity index (χ4n) is 1.80. The highest BCUT2D eigenvalue weighted by Gasteiger charge is 1.97. The first-order chi connectivity index (χ1) is 7.22. The summed E-state index contributed by atoms with van der Waals surface area (Å²) in [4.78, 5) is 2.38. The molecule has 0 saturated carbocycles. The van der Waals surface area contributed by atoms with Crippen LogP contribution in [0.2, 0.25) is 0 Å². The van der Waals surface area contributed by atoms with Crippen LogP contribution in [0.3, 0.4) is 0 Å². The Labute approximate surface area is 93.1 Å². The van der Waals surface area contributed by atoms with E-state index in [1.54, 1.807) is 0 Å². The van der Waals surface area contributed by atoms with Gasteiger partial charge in [-0.3, -0.25) is 0 Å². The third kappa shape index (κ3) is 4.84. The van der Waals surface area contributed by atoms with Crippen molar-refractivity contribution in [1.29, 1.82) is 0 Å². The molecular formula is C13H22N2. The normalized spacial score (nSPS) is 10.9. The molecule has 0 radical (unpaired) electrons. The molecule has 1 aromatic carbocycles. The molecule has 0 spiro atoms. The summed E-state index contributed by atoms with van der Waals surface area (Å²) in [5.74, 6) is 0. The van der Waals surface area contributed by atoms with Crippen LogP contribution in [-0.4, -0.2) is 25.0 Å². The fraction of sp³-hybridized carbons (Fsp3) is 0.538. The summed E-state index contributed by atoms with van der Waals surface area (Å²) in [7, 11) is 2.18. The highest BCUT2D eigenvalue weighted by Crippen LogP contribution is 2.08. The van der Waals surface area contributed by atoms with E-state index in [4.69, 9.17) is 5.73 Å². The van der Waals surface area contributed by atoms with Crippen molar-refractivity contribution in [3.8, 4) is 0 Å². The number of rotatable bonds is 6. The van der Waals surface area contributed by atoms with Crippen molar-refractivity contribution in [2.45, 2.75) is 26.2 Å². The molecule has 0 saturated heterocycles. The van der Waals surface area contributed by atoms with Gasteiger partial charge in [-0.1, -0.05) is 19.1 Å². The van der Waals surface area contributed by atoms with Gasteiger partial charge in [0.05, 0.1) is 0 Å². The molecule has 2 nitrogen and oxygen atoms in total. The highest BCUT2D eigenvalue weighted by molar-refractivity contribution is 5.40. The SMILES string of the molecule is CCCN(C)CCCc1cccc(N)c1. The van der Waals surface area contributed by atoms with Crippen molar-refractivity contribution in [3.63, 3.8) is 0 Å². The van der Waals surface area contributed by atoms with E-state index >= 15 is 0 Å². The maximum Gasteiger partial charge on any atom is 0.0316 e. The lowest BCUT2D eigenvalue weighted by Crippen LogP contribution is -2.20. The Morgan fingerprint density at radius 1 is 1.27 bits per heavy atom. The summed E-state index contributed by atoms with van der Waals surface area (Å²) in [5.41, 5.74) is 7.94. The zero-order valence-corrected chi connectivity index (χ0v) is 9.87. The smallest absolute Gasteiger partial charge is 0.0316 e. The Hall–Kier alpha value is -1.02. The molecule has 0 bridgehead atoms. The van der Waals surface area contributed by atoms with Crippen molar-refractivity contribution >= 4 is 5.69 Å². The molecule has 0 aliphatic rings. The second-order valence-electron chi connectivity index (χ2n) is 4.15. The monoisotopic (exact) mass is 206 g/mol. The number of nitrogen functional groups attached to an aromatic ring is 1. The second kappa shape index (κ2) is 6.46. The molecule has 0 unspecified atom stereocenters. The fourth-order valence-corrected chi connectivity index (χ4v) is 1.80. The third-order valence-electron chi connectivity index (χ3n) is 2.56. The van der Waals surface area contributed by atoms with Crippen LogP contribution < -0.4 is 5.73 Å². The van der Waals surface area contributed by atoms with Gasteiger partial charge in [-0.05, 0) is 57.1 Å². The van der Waals surface area contributed by atoms with Gasteiger partial charge in [0.25, 0.3) is 0 Å². The van der Waals surface area contributed by atoms with Gasteiger partial charge in [0.15, 0.2) is 0 Å². The van der Waals surface area contributed by atoms with E-state index in [2.05, 4.69) is 31.0 Å². The van der Waals surface area contributed by atoms with Crippen molar-refractivity contribution in [3.05, 3.63) is 29.8 Å². The van der Waals surface area contributed by atoms with E-state index in [1.165, 1.54) is 31.5 Å². The van der Waals surface area contributed by atoms with Crippen molar-refractivity contribution in [1.82, 2.24) is 4.90 Å². The first-order valence-electron chi connectivity index (χ1n) is 5.75. The summed E-state index contributed by atoms with van der Waals surface area (Å²) >= 11 is 0. The Morgan fingerprint density at radius 3 is 2.73 bits per heavy atom. The minimum atomic E-state index is 0.870. The molecule has 15 heavy (non-hydrogen) atoms. The maximum atomic E-state index is 5.73. The van der Waals surface area contributed by atoms with Crippen LogP contribution in [0.5, 0.6) is 0 Å². The van der Waals surface area contributed by atoms with Crippen molar-refractivity contribution in [2.24, 2.45) is 0 Å². The third-order valence-corrected chi connectivity index (χ3v) is 2.56. The lowest BCUT2D eigenvalue weighted by molar-refractivity contribution is 0.330. The lowest BCUT2D eigenvalue weighted by atomic mass is 10.1. The van der Waals surface area contributed by atoms with Crippen LogP contribution in [0.15, 0.2) is 24.3 Å². The van der Waals surface area contributed by atoms with Crippen LogP contribution in [0.4, 0.5) is 5.69 Å². The number of anilines is 1. The van der Waals surface area contributed by atoms with Gasteiger partial charge in [-0.25, -0.2) is 0 Å². The van der Waals surface area contributed by atoms with E-state index in [-0.39, 0.29) is 0 Å². The van der Waals surface area contributed by atoms with Gasteiger partial charge in [0, 0.05) is 5.69 Å². The molecule has 2 heteroatoms. The van der Waals surface area contributed by atoms with Crippen molar-refractivity contribution in [2.75, 3.05) is 25.9 Å². The Bertz CT molecular complexity index is 284.